The van der Waals surface area contributed by atoms with Gasteiger partial charge < -0.3 is 5.32 Å². The van der Waals surface area contributed by atoms with Crippen LogP contribution in [0.5, 0.6) is 0 Å². The lowest BCUT2D eigenvalue weighted by Gasteiger charge is -2.42. The highest BCUT2D eigenvalue weighted by molar-refractivity contribution is 9.11. The van der Waals surface area contributed by atoms with Crippen molar-refractivity contribution >= 4 is 27.3 Å². The first-order chi connectivity index (χ1) is 9.90. The largest absolute Gasteiger partial charge is 0.317 e. The van der Waals surface area contributed by atoms with Crippen LogP contribution in [0.3, 0.4) is 0 Å². The molecule has 1 aliphatic carbocycles. The van der Waals surface area contributed by atoms with Crippen molar-refractivity contribution in [2.24, 2.45) is 23.2 Å². The van der Waals surface area contributed by atoms with Gasteiger partial charge in [-0.1, -0.05) is 27.7 Å². The van der Waals surface area contributed by atoms with Crippen LogP contribution in [0.15, 0.2) is 15.9 Å². The maximum Gasteiger partial charge on any atom is 0.0701 e. The van der Waals surface area contributed by atoms with Crippen LogP contribution in [-0.4, -0.2) is 13.1 Å². The first-order valence-corrected chi connectivity index (χ1v) is 9.96. The molecule has 0 bridgehead atoms. The summed E-state index contributed by atoms with van der Waals surface area (Å²) >= 11 is 5.52. The average molecular weight is 372 g/mol. The van der Waals surface area contributed by atoms with Crippen LogP contribution in [0, 0.1) is 23.2 Å². The van der Waals surface area contributed by atoms with Crippen LogP contribution in [0.2, 0.25) is 0 Å². The Labute approximate surface area is 143 Å². The normalized spacial score (nSPS) is 27.0. The Hall–Kier alpha value is 0.140. The van der Waals surface area contributed by atoms with Crippen molar-refractivity contribution in [1.29, 1.82) is 0 Å². The van der Waals surface area contributed by atoms with Crippen LogP contribution >= 0.6 is 27.3 Å². The van der Waals surface area contributed by atoms with Gasteiger partial charge in [0.25, 0.3) is 0 Å². The molecule has 3 unspecified atom stereocenters. The predicted molar refractivity (Wildman–Crippen MR) is 98.0 cm³/mol. The van der Waals surface area contributed by atoms with Crippen LogP contribution < -0.4 is 5.32 Å². The van der Waals surface area contributed by atoms with Crippen molar-refractivity contribution in [2.75, 3.05) is 13.1 Å². The molecule has 0 saturated heterocycles. The van der Waals surface area contributed by atoms with E-state index in [-0.39, 0.29) is 0 Å². The van der Waals surface area contributed by atoms with Crippen molar-refractivity contribution in [2.45, 2.75) is 53.4 Å². The Morgan fingerprint density at radius 3 is 2.57 bits per heavy atom. The van der Waals surface area contributed by atoms with Gasteiger partial charge in [-0.2, -0.15) is 0 Å². The molecule has 0 aliphatic heterocycles. The molecule has 1 nitrogen and oxygen atoms in total. The molecule has 1 fully saturated rings. The van der Waals surface area contributed by atoms with Gasteiger partial charge in [0.15, 0.2) is 0 Å². The van der Waals surface area contributed by atoms with E-state index in [2.05, 4.69) is 61.1 Å². The van der Waals surface area contributed by atoms with Gasteiger partial charge in [-0.15, -0.1) is 11.3 Å². The minimum atomic E-state index is 0.456. The zero-order valence-electron chi connectivity index (χ0n) is 13.9. The van der Waals surface area contributed by atoms with Crippen LogP contribution in [0.4, 0.5) is 0 Å². The van der Waals surface area contributed by atoms with E-state index in [1.165, 1.54) is 36.0 Å². The minimum absolute atomic E-state index is 0.456. The van der Waals surface area contributed by atoms with E-state index in [4.69, 9.17) is 0 Å². The Morgan fingerprint density at radius 2 is 2.00 bits per heavy atom. The fourth-order valence-electron chi connectivity index (χ4n) is 3.68. The number of hydrogen-bond acceptors (Lipinski definition) is 2. The quantitative estimate of drug-likeness (QED) is 0.695. The second-order valence-electron chi connectivity index (χ2n) is 7.61. The lowest BCUT2D eigenvalue weighted by Crippen LogP contribution is -2.37. The number of rotatable bonds is 5. The van der Waals surface area contributed by atoms with Gasteiger partial charge >= 0.3 is 0 Å². The second kappa shape index (κ2) is 7.61. The van der Waals surface area contributed by atoms with E-state index in [9.17, 15) is 0 Å². The molecule has 3 heteroatoms. The van der Waals surface area contributed by atoms with E-state index in [1.54, 1.807) is 4.88 Å². The van der Waals surface area contributed by atoms with Crippen LogP contribution in [0.25, 0.3) is 0 Å². The standard InChI is InChI=1S/C18H30BrNS/c1-5-20-12-13-6-7-15(18(2,3)4)10-14(13)11-16-8-9-17(19)21-16/h8-9,13-15,20H,5-7,10-12H2,1-4H3. The summed E-state index contributed by atoms with van der Waals surface area (Å²) in [7, 11) is 0. The van der Waals surface area contributed by atoms with E-state index < -0.39 is 0 Å². The Kier molecular flexibility index (Phi) is 6.34. The molecule has 1 N–H and O–H groups in total. The maximum absolute atomic E-state index is 3.60. The van der Waals surface area contributed by atoms with Gasteiger partial charge in [-0.3, -0.25) is 0 Å². The van der Waals surface area contributed by atoms with Crippen molar-refractivity contribution in [3.8, 4) is 0 Å². The summed E-state index contributed by atoms with van der Waals surface area (Å²) < 4.78 is 1.27. The summed E-state index contributed by atoms with van der Waals surface area (Å²) in [5.74, 6) is 2.57. The molecule has 0 amide bonds. The summed E-state index contributed by atoms with van der Waals surface area (Å²) in [6, 6.07) is 4.50. The molecular weight excluding hydrogens is 342 g/mol. The van der Waals surface area contributed by atoms with Crippen molar-refractivity contribution in [1.82, 2.24) is 5.32 Å². The van der Waals surface area contributed by atoms with Gasteiger partial charge in [-0.25, -0.2) is 0 Å². The summed E-state index contributed by atoms with van der Waals surface area (Å²) in [6.07, 6.45) is 5.46. The molecule has 0 aromatic carbocycles. The Balaban J connectivity index is 2.05. The van der Waals surface area contributed by atoms with Gasteiger partial charge in [0.1, 0.15) is 0 Å². The molecule has 1 aliphatic rings. The van der Waals surface area contributed by atoms with E-state index in [1.807, 2.05) is 11.3 Å². The zero-order chi connectivity index (χ0) is 15.5. The topological polar surface area (TPSA) is 12.0 Å². The number of nitrogens with one attached hydrogen (secondary N) is 1. The van der Waals surface area contributed by atoms with Gasteiger partial charge in [0.2, 0.25) is 0 Å². The maximum atomic E-state index is 3.60. The monoisotopic (exact) mass is 371 g/mol. The molecule has 21 heavy (non-hydrogen) atoms. The molecule has 1 aromatic rings. The number of halogens is 1. The van der Waals surface area contributed by atoms with E-state index in [0.717, 1.165) is 24.3 Å². The predicted octanol–water partition coefficient (Wildman–Crippen LogP) is 5.74. The molecule has 2 rings (SSSR count). The lowest BCUT2D eigenvalue weighted by molar-refractivity contribution is 0.0978. The van der Waals surface area contributed by atoms with Crippen molar-refractivity contribution in [3.05, 3.63) is 20.8 Å². The third-order valence-electron chi connectivity index (χ3n) is 5.11. The smallest absolute Gasteiger partial charge is 0.0701 e. The molecule has 0 radical (unpaired) electrons. The third-order valence-corrected chi connectivity index (χ3v) is 6.76. The van der Waals surface area contributed by atoms with Gasteiger partial charge in [0, 0.05) is 4.88 Å². The number of hydrogen-bond donors (Lipinski definition) is 1. The van der Waals surface area contributed by atoms with Gasteiger partial charge in [0.05, 0.1) is 3.79 Å². The SMILES string of the molecule is CCNCC1CCC(C(C)(C)C)CC1Cc1ccc(Br)s1. The highest BCUT2D eigenvalue weighted by Crippen LogP contribution is 2.44. The molecule has 0 spiro atoms. The highest BCUT2D eigenvalue weighted by atomic mass is 79.9. The second-order valence-corrected chi connectivity index (χ2v) is 10.2. The Morgan fingerprint density at radius 1 is 1.24 bits per heavy atom. The zero-order valence-corrected chi connectivity index (χ0v) is 16.3. The first-order valence-electron chi connectivity index (χ1n) is 8.35. The minimum Gasteiger partial charge on any atom is -0.317 e. The van der Waals surface area contributed by atoms with Crippen molar-refractivity contribution in [3.63, 3.8) is 0 Å². The lowest BCUT2D eigenvalue weighted by atomic mass is 9.64. The van der Waals surface area contributed by atoms with E-state index in [0.29, 0.717) is 5.41 Å². The molecule has 120 valence electrons. The first kappa shape index (κ1) is 17.5. The fourth-order valence-corrected chi connectivity index (χ4v) is 5.26. The average Bonchev–Trinajstić information content (AvgIpc) is 2.81. The molecular formula is C18H30BrNS. The van der Waals surface area contributed by atoms with Crippen molar-refractivity contribution < 1.29 is 0 Å². The summed E-state index contributed by atoms with van der Waals surface area (Å²) in [5.41, 5.74) is 0.456. The summed E-state index contributed by atoms with van der Waals surface area (Å²) in [5, 5.41) is 3.59. The third kappa shape index (κ3) is 5.07. The molecule has 1 aromatic heterocycles. The highest BCUT2D eigenvalue weighted by Gasteiger charge is 2.35. The fraction of sp³-hybridized carbons (Fsp3) is 0.778. The molecule has 1 saturated carbocycles. The summed E-state index contributed by atoms with van der Waals surface area (Å²) in [6.45, 7) is 11.8. The van der Waals surface area contributed by atoms with Crippen LogP contribution in [0.1, 0.15) is 51.8 Å². The van der Waals surface area contributed by atoms with Crippen LogP contribution in [-0.2, 0) is 6.42 Å². The summed E-state index contributed by atoms with van der Waals surface area (Å²) in [4.78, 5) is 1.54. The van der Waals surface area contributed by atoms with E-state index >= 15 is 0 Å². The Bertz CT molecular complexity index is 435. The molecule has 1 heterocycles. The van der Waals surface area contributed by atoms with Gasteiger partial charge in [-0.05, 0) is 90.0 Å². The molecule has 3 atom stereocenters. The number of thiophene rings is 1.